The van der Waals surface area contributed by atoms with Crippen LogP contribution in [-0.4, -0.2) is 30.5 Å². The standard InChI is InChI=1S/C21H21N3O4/c1-3-28-17-10-9-16(12-18(17)27-2)21(26)24-23-19(25)13-15-7-4-6-14-8-5-11-22-20(14)15/h4-12H,3,13H2,1-2H3,(H,23,25)(H,24,26). The van der Waals surface area contributed by atoms with Crippen molar-refractivity contribution in [1.29, 1.82) is 0 Å². The number of hydrazine groups is 1. The van der Waals surface area contributed by atoms with Gasteiger partial charge in [0.05, 0.1) is 25.7 Å². The van der Waals surface area contributed by atoms with Gasteiger partial charge in [-0.15, -0.1) is 0 Å². The molecular formula is C21H21N3O4. The van der Waals surface area contributed by atoms with Gasteiger partial charge in [0.2, 0.25) is 5.91 Å². The number of fused-ring (bicyclic) bond motifs is 1. The highest BCUT2D eigenvalue weighted by Gasteiger charge is 2.13. The van der Waals surface area contributed by atoms with Crippen LogP contribution in [0.1, 0.15) is 22.8 Å². The molecule has 1 aromatic heterocycles. The number of carbonyl (C=O) groups excluding carboxylic acids is 2. The summed E-state index contributed by atoms with van der Waals surface area (Å²) in [6.07, 6.45) is 1.78. The number of methoxy groups -OCH3 is 1. The van der Waals surface area contributed by atoms with Gasteiger partial charge >= 0.3 is 0 Å². The zero-order valence-corrected chi connectivity index (χ0v) is 15.7. The highest BCUT2D eigenvalue weighted by atomic mass is 16.5. The number of rotatable bonds is 6. The Labute approximate surface area is 162 Å². The van der Waals surface area contributed by atoms with Gasteiger partial charge in [-0.1, -0.05) is 24.3 Å². The Morgan fingerprint density at radius 3 is 2.64 bits per heavy atom. The summed E-state index contributed by atoms with van der Waals surface area (Å²) in [6.45, 7) is 2.35. The number of pyridine rings is 1. The van der Waals surface area contributed by atoms with Gasteiger partial charge in [-0.25, -0.2) is 0 Å². The van der Waals surface area contributed by atoms with Gasteiger partial charge in [0, 0.05) is 17.1 Å². The zero-order chi connectivity index (χ0) is 19.9. The fourth-order valence-electron chi connectivity index (χ4n) is 2.81. The summed E-state index contributed by atoms with van der Waals surface area (Å²) in [5, 5.41) is 0.957. The first-order valence-corrected chi connectivity index (χ1v) is 8.85. The molecule has 2 amide bonds. The first-order valence-electron chi connectivity index (χ1n) is 8.85. The molecule has 1 heterocycles. The van der Waals surface area contributed by atoms with Crippen molar-refractivity contribution < 1.29 is 19.1 Å². The Morgan fingerprint density at radius 1 is 1.04 bits per heavy atom. The molecule has 0 radical (unpaired) electrons. The lowest BCUT2D eigenvalue weighted by molar-refractivity contribution is -0.121. The van der Waals surface area contributed by atoms with E-state index in [0.717, 1.165) is 16.5 Å². The van der Waals surface area contributed by atoms with Crippen molar-refractivity contribution in [2.24, 2.45) is 0 Å². The average molecular weight is 379 g/mol. The Hall–Kier alpha value is -3.61. The summed E-state index contributed by atoms with van der Waals surface area (Å²) in [6, 6.07) is 14.2. The quantitative estimate of drug-likeness (QED) is 0.643. The van der Waals surface area contributed by atoms with Crippen LogP contribution in [0.5, 0.6) is 11.5 Å². The molecule has 0 aliphatic heterocycles. The van der Waals surface area contributed by atoms with Gasteiger partial charge in [0.25, 0.3) is 5.91 Å². The van der Waals surface area contributed by atoms with Crippen molar-refractivity contribution in [3.8, 4) is 11.5 Å². The third-order valence-corrected chi connectivity index (χ3v) is 4.11. The van der Waals surface area contributed by atoms with Crippen molar-refractivity contribution in [1.82, 2.24) is 15.8 Å². The van der Waals surface area contributed by atoms with Gasteiger partial charge in [-0.2, -0.15) is 0 Å². The van der Waals surface area contributed by atoms with E-state index in [0.29, 0.717) is 23.7 Å². The second-order valence-electron chi connectivity index (χ2n) is 5.97. The maximum absolute atomic E-state index is 12.3. The smallest absolute Gasteiger partial charge is 0.269 e. The highest BCUT2D eigenvalue weighted by Crippen LogP contribution is 2.27. The largest absolute Gasteiger partial charge is 0.493 e. The third kappa shape index (κ3) is 4.37. The van der Waals surface area contributed by atoms with Crippen LogP contribution in [0.3, 0.4) is 0 Å². The topological polar surface area (TPSA) is 89.6 Å². The van der Waals surface area contributed by atoms with E-state index in [4.69, 9.17) is 9.47 Å². The number of nitrogens with one attached hydrogen (secondary N) is 2. The third-order valence-electron chi connectivity index (χ3n) is 4.11. The fraction of sp³-hybridized carbons (Fsp3) is 0.190. The second kappa shape index (κ2) is 8.85. The lowest BCUT2D eigenvalue weighted by atomic mass is 10.1. The number of benzene rings is 2. The number of ether oxygens (including phenoxy) is 2. The molecule has 0 spiro atoms. The lowest BCUT2D eigenvalue weighted by Gasteiger charge is -2.12. The Bertz CT molecular complexity index is 999. The minimum Gasteiger partial charge on any atom is -0.493 e. The van der Waals surface area contributed by atoms with E-state index in [1.165, 1.54) is 7.11 Å². The first kappa shape index (κ1) is 19.2. The molecule has 2 N–H and O–H groups in total. The van der Waals surface area contributed by atoms with E-state index in [2.05, 4.69) is 15.8 Å². The number of para-hydroxylation sites is 1. The normalized spacial score (nSPS) is 10.4. The minimum atomic E-state index is -0.453. The van der Waals surface area contributed by atoms with Crippen molar-refractivity contribution >= 4 is 22.7 Å². The summed E-state index contributed by atoms with van der Waals surface area (Å²) in [4.78, 5) is 28.9. The first-order chi connectivity index (χ1) is 13.6. The van der Waals surface area contributed by atoms with Gasteiger partial charge < -0.3 is 9.47 Å². The molecule has 7 nitrogen and oxygen atoms in total. The molecule has 3 rings (SSSR count). The van der Waals surface area contributed by atoms with Crippen LogP contribution in [0.4, 0.5) is 0 Å². The number of aromatic nitrogens is 1. The van der Waals surface area contributed by atoms with Crippen LogP contribution < -0.4 is 20.3 Å². The van der Waals surface area contributed by atoms with E-state index in [1.54, 1.807) is 24.4 Å². The fourth-order valence-corrected chi connectivity index (χ4v) is 2.81. The van der Waals surface area contributed by atoms with Crippen molar-refractivity contribution in [3.63, 3.8) is 0 Å². The monoisotopic (exact) mass is 379 g/mol. The molecule has 0 bridgehead atoms. The number of nitrogens with zero attached hydrogens (tertiary/aromatic N) is 1. The minimum absolute atomic E-state index is 0.0984. The number of hydrogen-bond acceptors (Lipinski definition) is 5. The summed E-state index contributed by atoms with van der Waals surface area (Å²) in [5.41, 5.74) is 6.74. The predicted molar refractivity (Wildman–Crippen MR) is 105 cm³/mol. The van der Waals surface area contributed by atoms with Crippen LogP contribution in [-0.2, 0) is 11.2 Å². The molecule has 0 saturated carbocycles. The molecule has 2 aromatic carbocycles. The molecule has 0 saturated heterocycles. The average Bonchev–Trinajstić information content (AvgIpc) is 2.73. The van der Waals surface area contributed by atoms with Crippen LogP contribution in [0, 0.1) is 0 Å². The molecule has 0 atom stereocenters. The van der Waals surface area contributed by atoms with E-state index >= 15 is 0 Å². The van der Waals surface area contributed by atoms with E-state index in [9.17, 15) is 9.59 Å². The zero-order valence-electron chi connectivity index (χ0n) is 15.7. The van der Waals surface area contributed by atoms with Gasteiger partial charge in [-0.3, -0.25) is 25.4 Å². The molecule has 0 fully saturated rings. The lowest BCUT2D eigenvalue weighted by Crippen LogP contribution is -2.42. The molecule has 3 aromatic rings. The highest BCUT2D eigenvalue weighted by molar-refractivity contribution is 5.96. The number of amides is 2. The Kier molecular flexibility index (Phi) is 6.06. The molecule has 28 heavy (non-hydrogen) atoms. The predicted octanol–water partition coefficient (Wildman–Crippen LogP) is 2.65. The Balaban J connectivity index is 1.63. The Morgan fingerprint density at radius 2 is 1.86 bits per heavy atom. The summed E-state index contributed by atoms with van der Waals surface area (Å²) in [5.74, 6) is 0.201. The van der Waals surface area contributed by atoms with Gasteiger partial charge in [0.15, 0.2) is 11.5 Å². The molecule has 144 valence electrons. The maximum Gasteiger partial charge on any atom is 0.269 e. The van der Waals surface area contributed by atoms with E-state index < -0.39 is 5.91 Å². The number of hydrogen-bond donors (Lipinski definition) is 2. The van der Waals surface area contributed by atoms with Crippen molar-refractivity contribution in [2.45, 2.75) is 13.3 Å². The molecule has 7 heteroatoms. The number of carbonyl (C=O) groups is 2. The van der Waals surface area contributed by atoms with Gasteiger partial charge in [-0.05, 0) is 36.8 Å². The van der Waals surface area contributed by atoms with Crippen LogP contribution >= 0.6 is 0 Å². The molecule has 0 aliphatic rings. The summed E-state index contributed by atoms with van der Waals surface area (Å²) in [7, 11) is 1.50. The maximum atomic E-state index is 12.3. The summed E-state index contributed by atoms with van der Waals surface area (Å²) >= 11 is 0. The van der Waals surface area contributed by atoms with Crippen molar-refractivity contribution in [2.75, 3.05) is 13.7 Å². The van der Waals surface area contributed by atoms with Crippen molar-refractivity contribution in [3.05, 3.63) is 65.9 Å². The van der Waals surface area contributed by atoms with Crippen LogP contribution in [0.25, 0.3) is 10.9 Å². The second-order valence-corrected chi connectivity index (χ2v) is 5.97. The molecule has 0 unspecified atom stereocenters. The van der Waals surface area contributed by atoms with Crippen LogP contribution in [0.15, 0.2) is 54.7 Å². The molecule has 0 aliphatic carbocycles. The summed E-state index contributed by atoms with van der Waals surface area (Å²) < 4.78 is 10.7. The van der Waals surface area contributed by atoms with E-state index in [1.807, 2.05) is 37.3 Å². The van der Waals surface area contributed by atoms with Crippen LogP contribution in [0.2, 0.25) is 0 Å². The molecular weight excluding hydrogens is 358 g/mol. The van der Waals surface area contributed by atoms with Gasteiger partial charge in [0.1, 0.15) is 0 Å². The SMILES string of the molecule is CCOc1ccc(C(=O)NNC(=O)Cc2cccc3cccnc23)cc1OC. The van der Waals surface area contributed by atoms with E-state index in [-0.39, 0.29) is 12.3 Å².